The second kappa shape index (κ2) is 24.5. The van der Waals surface area contributed by atoms with Gasteiger partial charge < -0.3 is 38.9 Å². The minimum atomic E-state index is -1.32. The number of hydrogen-bond acceptors (Lipinski definition) is 10. The fourth-order valence-electron chi connectivity index (χ4n) is 9.74. The first-order valence-electron chi connectivity index (χ1n) is 22.9. The van der Waals surface area contributed by atoms with Gasteiger partial charge in [0.05, 0.1) is 30.5 Å². The van der Waals surface area contributed by atoms with Crippen molar-refractivity contribution in [2.45, 2.75) is 147 Å². The van der Waals surface area contributed by atoms with Gasteiger partial charge in [0, 0.05) is 43.9 Å². The van der Waals surface area contributed by atoms with Crippen molar-refractivity contribution in [1.82, 2.24) is 9.88 Å². The standard InChI is InChI=1S/C49H73N3O8/c1-6-8-9-10-11-12-13-14-15-20-31-57-48(55)52(4)45-34-43(51-56-5)41-32-37(23-16-18-28-53)40(25-17-19-29-54)46-42-33-39(58-35-38-24-21-22-36(3)50-38)26-27-44(42)60-49(45,47(41)46)59-30-7-2/h7,21-22,24,26-27,32-33,37,40,45-47,53-54H,2,6,8-20,23,25,28-31,34-35H2,1,3-5H3. The number of oxime groups is 1. The van der Waals surface area contributed by atoms with Crippen LogP contribution in [0.3, 0.4) is 0 Å². The minimum Gasteiger partial charge on any atom is -0.487 e. The van der Waals surface area contributed by atoms with Crippen molar-refractivity contribution in [3.63, 3.8) is 0 Å². The van der Waals surface area contributed by atoms with Crippen molar-refractivity contribution < 1.29 is 38.8 Å². The molecular weight excluding hydrogens is 759 g/mol. The van der Waals surface area contributed by atoms with Crippen LogP contribution in [0.4, 0.5) is 4.79 Å². The summed E-state index contributed by atoms with van der Waals surface area (Å²) >= 11 is 0. The number of ether oxygens (including phenoxy) is 4. The molecule has 2 aliphatic carbocycles. The van der Waals surface area contributed by atoms with E-state index < -0.39 is 23.8 Å². The van der Waals surface area contributed by atoms with E-state index in [0.717, 1.165) is 73.2 Å². The maximum Gasteiger partial charge on any atom is 0.409 e. The molecule has 2 N–H and O–H groups in total. The van der Waals surface area contributed by atoms with E-state index in [-0.39, 0.29) is 37.6 Å². The van der Waals surface area contributed by atoms with E-state index in [4.69, 9.17) is 23.8 Å². The van der Waals surface area contributed by atoms with Crippen molar-refractivity contribution in [3.8, 4) is 11.5 Å². The topological polar surface area (TPSA) is 132 Å². The first-order chi connectivity index (χ1) is 29.3. The Bertz CT molecular complexity index is 1700. The maximum atomic E-state index is 14.1. The number of carbonyl (C=O) groups is 1. The number of amides is 1. The number of likely N-dealkylation sites (N-methyl/N-ethyl adjacent to an activating group) is 1. The number of rotatable bonds is 27. The molecule has 332 valence electrons. The van der Waals surface area contributed by atoms with Crippen LogP contribution < -0.4 is 9.47 Å². The third-order valence-electron chi connectivity index (χ3n) is 12.7. The molecule has 0 spiro atoms. The first kappa shape index (κ1) is 47.1. The number of aliphatic hydroxyl groups is 2. The number of unbranched alkanes of at least 4 members (excludes halogenated alkanes) is 11. The van der Waals surface area contributed by atoms with Crippen LogP contribution in [-0.2, 0) is 20.9 Å². The number of allylic oxidation sites excluding steroid dienone is 1. The van der Waals surface area contributed by atoms with Crippen LogP contribution in [0, 0.1) is 24.7 Å². The zero-order valence-electron chi connectivity index (χ0n) is 37.0. The molecule has 5 rings (SSSR count). The summed E-state index contributed by atoms with van der Waals surface area (Å²) in [7, 11) is 3.33. The molecule has 6 atom stereocenters. The van der Waals surface area contributed by atoms with E-state index in [1.807, 2.05) is 37.3 Å². The molecule has 1 aliphatic heterocycles. The van der Waals surface area contributed by atoms with Crippen LogP contribution in [0.2, 0.25) is 0 Å². The number of pyridine rings is 1. The van der Waals surface area contributed by atoms with Gasteiger partial charge in [-0.25, -0.2) is 4.79 Å². The molecule has 3 aliphatic rings. The minimum absolute atomic E-state index is 0.114. The first-order valence-corrected chi connectivity index (χ1v) is 22.9. The van der Waals surface area contributed by atoms with Gasteiger partial charge in [0.2, 0.25) is 5.79 Å². The number of aromatic nitrogens is 1. The van der Waals surface area contributed by atoms with Crippen molar-refractivity contribution in [2.75, 3.05) is 40.6 Å². The van der Waals surface area contributed by atoms with Gasteiger partial charge in [-0.05, 0) is 86.8 Å². The second-order valence-corrected chi connectivity index (χ2v) is 16.9. The Morgan fingerprint density at radius 1 is 0.983 bits per heavy atom. The van der Waals surface area contributed by atoms with Gasteiger partial charge in [-0.15, -0.1) is 6.58 Å². The number of benzene rings is 1. The zero-order valence-corrected chi connectivity index (χ0v) is 37.0. The quantitative estimate of drug-likeness (QED) is 0.0513. The molecule has 2 heterocycles. The van der Waals surface area contributed by atoms with Gasteiger partial charge in [0.25, 0.3) is 0 Å². The predicted molar refractivity (Wildman–Crippen MR) is 236 cm³/mol. The summed E-state index contributed by atoms with van der Waals surface area (Å²) in [5.74, 6) is -0.230. The highest BCUT2D eigenvalue weighted by molar-refractivity contribution is 6.02. The molecule has 1 saturated carbocycles. The summed E-state index contributed by atoms with van der Waals surface area (Å²) in [6.45, 7) is 9.33. The number of carbonyl (C=O) groups excluding carboxylic acids is 1. The molecule has 1 fully saturated rings. The third kappa shape index (κ3) is 12.1. The van der Waals surface area contributed by atoms with E-state index in [1.165, 1.54) is 44.9 Å². The fraction of sp³-hybridized carbons (Fsp3) is 0.653. The molecule has 1 aromatic heterocycles. The highest BCUT2D eigenvalue weighted by Crippen LogP contribution is 2.61. The normalized spacial score (nSPS) is 23.5. The average Bonchev–Trinajstić information content (AvgIpc) is 3.25. The van der Waals surface area contributed by atoms with E-state index in [0.29, 0.717) is 44.0 Å². The summed E-state index contributed by atoms with van der Waals surface area (Å²) in [5.41, 5.74) is 4.51. The second-order valence-electron chi connectivity index (χ2n) is 16.9. The SMILES string of the molecule is C=CCOC12Oc3ccc(OCc4cccc(C)n4)cc3C3C(CCCCO)C(CCCCO)C=C(C(=NOC)CC1N(C)C(=O)OCCCCCCCCCCCC)C32. The molecule has 1 amide bonds. The summed E-state index contributed by atoms with van der Waals surface area (Å²) in [6.07, 6.45) is 20.8. The lowest BCUT2D eigenvalue weighted by Gasteiger charge is -2.59. The summed E-state index contributed by atoms with van der Waals surface area (Å²) in [4.78, 5) is 25.9. The third-order valence-corrected chi connectivity index (χ3v) is 12.7. The average molecular weight is 832 g/mol. The van der Waals surface area contributed by atoms with E-state index in [1.54, 1.807) is 25.1 Å². The lowest BCUT2D eigenvalue weighted by Crippen LogP contribution is -2.69. The van der Waals surface area contributed by atoms with E-state index in [2.05, 4.69) is 35.8 Å². The molecule has 60 heavy (non-hydrogen) atoms. The smallest absolute Gasteiger partial charge is 0.409 e. The molecule has 0 saturated heterocycles. The lowest BCUT2D eigenvalue weighted by atomic mass is 9.55. The Labute approximate surface area is 359 Å². The molecule has 11 nitrogen and oxygen atoms in total. The van der Waals surface area contributed by atoms with E-state index in [9.17, 15) is 15.0 Å². The van der Waals surface area contributed by atoms with Crippen molar-refractivity contribution in [3.05, 3.63) is 77.7 Å². The molecule has 11 heteroatoms. The summed E-state index contributed by atoms with van der Waals surface area (Å²) in [6, 6.07) is 11.3. The monoisotopic (exact) mass is 832 g/mol. The van der Waals surface area contributed by atoms with Gasteiger partial charge in [0.15, 0.2) is 0 Å². The number of aliphatic hydroxyl groups excluding tert-OH is 2. The highest BCUT2D eigenvalue weighted by atomic mass is 16.7. The Morgan fingerprint density at radius 3 is 2.38 bits per heavy atom. The number of nitrogens with zero attached hydrogens (tertiary/aromatic N) is 3. The lowest BCUT2D eigenvalue weighted by molar-refractivity contribution is -0.253. The zero-order chi connectivity index (χ0) is 42.7. The van der Waals surface area contributed by atoms with Crippen LogP contribution in [0.25, 0.3) is 0 Å². The highest BCUT2D eigenvalue weighted by Gasteiger charge is 2.65. The van der Waals surface area contributed by atoms with Gasteiger partial charge in [-0.1, -0.05) is 101 Å². The fourth-order valence-corrected chi connectivity index (χ4v) is 9.74. The van der Waals surface area contributed by atoms with Gasteiger partial charge >= 0.3 is 6.09 Å². The summed E-state index contributed by atoms with van der Waals surface area (Å²) in [5, 5.41) is 24.3. The van der Waals surface area contributed by atoms with Crippen molar-refractivity contribution >= 4 is 11.8 Å². The Hall–Kier alpha value is -3.93. The predicted octanol–water partition coefficient (Wildman–Crippen LogP) is 10.2. The van der Waals surface area contributed by atoms with Gasteiger partial charge in [0.1, 0.15) is 31.3 Å². The van der Waals surface area contributed by atoms with Crippen LogP contribution in [0.15, 0.2) is 65.9 Å². The number of hydrogen-bond donors (Lipinski definition) is 2. The van der Waals surface area contributed by atoms with Crippen LogP contribution in [-0.4, -0.2) is 84.3 Å². The van der Waals surface area contributed by atoms with Crippen LogP contribution >= 0.6 is 0 Å². The molecule has 1 aromatic carbocycles. The van der Waals surface area contributed by atoms with Crippen LogP contribution in [0.1, 0.15) is 139 Å². The molecule has 0 bridgehead atoms. The molecular formula is C49H73N3O8. The summed E-state index contributed by atoms with van der Waals surface area (Å²) < 4.78 is 26.6. The number of fused-ring (bicyclic) bond motifs is 2. The van der Waals surface area contributed by atoms with Crippen LogP contribution in [0.5, 0.6) is 11.5 Å². The largest absolute Gasteiger partial charge is 0.487 e. The van der Waals surface area contributed by atoms with Crippen molar-refractivity contribution in [2.24, 2.45) is 22.9 Å². The molecule has 0 radical (unpaired) electrons. The Morgan fingerprint density at radius 2 is 1.70 bits per heavy atom. The molecule has 2 aromatic rings. The van der Waals surface area contributed by atoms with E-state index >= 15 is 0 Å². The number of aryl methyl sites for hydroxylation is 1. The van der Waals surface area contributed by atoms with Gasteiger partial charge in [-0.3, -0.25) is 4.98 Å². The van der Waals surface area contributed by atoms with Gasteiger partial charge in [-0.2, -0.15) is 0 Å². The maximum absolute atomic E-state index is 14.1. The van der Waals surface area contributed by atoms with Crippen molar-refractivity contribution in [1.29, 1.82) is 0 Å². The molecule has 6 unspecified atom stereocenters. The Kier molecular flexibility index (Phi) is 19.2. The Balaban J connectivity index is 1.49.